The number of aromatic nitrogens is 1. The minimum atomic E-state index is -0.622. The average molecular weight is 381 g/mol. The number of primary amides is 1. The molecule has 2 amide bonds. The van der Waals surface area contributed by atoms with Crippen molar-refractivity contribution in [2.75, 3.05) is 19.5 Å². The van der Waals surface area contributed by atoms with E-state index >= 15 is 0 Å². The number of fused-ring (bicyclic) bond motifs is 1. The molecule has 3 rings (SSSR count). The van der Waals surface area contributed by atoms with Crippen molar-refractivity contribution in [1.82, 2.24) is 4.98 Å². The number of carbonyl (C=O) groups is 2. The van der Waals surface area contributed by atoms with E-state index < -0.39 is 5.91 Å². The minimum absolute atomic E-state index is 0.216. The SMILES string of the molecule is COc1cc(NC(C)=O)cc(Oc2ccnc3cc(OC)c(C(N)=O)cc23)c1. The van der Waals surface area contributed by atoms with Gasteiger partial charge < -0.3 is 25.3 Å². The fourth-order valence-electron chi connectivity index (χ4n) is 2.75. The van der Waals surface area contributed by atoms with E-state index in [2.05, 4.69) is 10.3 Å². The number of nitrogens with one attached hydrogen (secondary N) is 1. The zero-order valence-electron chi connectivity index (χ0n) is 15.6. The first-order chi connectivity index (χ1) is 13.4. The van der Waals surface area contributed by atoms with E-state index in [1.807, 2.05) is 0 Å². The van der Waals surface area contributed by atoms with Crippen LogP contribution < -0.4 is 25.3 Å². The molecule has 0 bridgehead atoms. The highest BCUT2D eigenvalue weighted by molar-refractivity contribution is 6.01. The molecule has 3 N–H and O–H groups in total. The Hall–Kier alpha value is -3.81. The lowest BCUT2D eigenvalue weighted by molar-refractivity contribution is -0.114. The Morgan fingerprint density at radius 1 is 1.00 bits per heavy atom. The van der Waals surface area contributed by atoms with Gasteiger partial charge in [-0.1, -0.05) is 0 Å². The summed E-state index contributed by atoms with van der Waals surface area (Å²) in [5.41, 5.74) is 6.77. The van der Waals surface area contributed by atoms with Crippen LogP contribution in [0.3, 0.4) is 0 Å². The van der Waals surface area contributed by atoms with Gasteiger partial charge in [0.05, 0.1) is 25.3 Å². The molecule has 8 heteroatoms. The molecule has 1 heterocycles. The Balaban J connectivity index is 2.08. The van der Waals surface area contributed by atoms with Gasteiger partial charge >= 0.3 is 0 Å². The van der Waals surface area contributed by atoms with E-state index in [9.17, 15) is 9.59 Å². The molecule has 0 unspecified atom stereocenters. The Morgan fingerprint density at radius 3 is 2.39 bits per heavy atom. The number of rotatable bonds is 6. The fraction of sp³-hybridized carbons (Fsp3) is 0.150. The molecule has 0 saturated heterocycles. The van der Waals surface area contributed by atoms with Crippen LogP contribution in [-0.4, -0.2) is 31.0 Å². The Kier molecular flexibility index (Phi) is 5.30. The lowest BCUT2D eigenvalue weighted by Crippen LogP contribution is -2.12. The summed E-state index contributed by atoms with van der Waals surface area (Å²) in [4.78, 5) is 27.4. The molecule has 0 aliphatic carbocycles. The lowest BCUT2D eigenvalue weighted by atomic mass is 10.1. The summed E-state index contributed by atoms with van der Waals surface area (Å²) in [6.45, 7) is 1.41. The Bertz CT molecular complexity index is 1070. The lowest BCUT2D eigenvalue weighted by Gasteiger charge is -2.13. The Morgan fingerprint density at radius 2 is 1.75 bits per heavy atom. The van der Waals surface area contributed by atoms with Crippen molar-refractivity contribution in [3.63, 3.8) is 0 Å². The topological polar surface area (TPSA) is 113 Å². The first-order valence-electron chi connectivity index (χ1n) is 8.32. The third-order valence-corrected chi connectivity index (χ3v) is 3.95. The second kappa shape index (κ2) is 7.83. The van der Waals surface area contributed by atoms with Crippen LogP contribution in [0.5, 0.6) is 23.0 Å². The molecule has 1 aromatic heterocycles. The van der Waals surface area contributed by atoms with Gasteiger partial charge in [0.15, 0.2) is 0 Å². The number of anilines is 1. The average Bonchev–Trinajstić information content (AvgIpc) is 2.66. The molecular weight excluding hydrogens is 362 g/mol. The second-order valence-corrected chi connectivity index (χ2v) is 5.92. The number of nitrogens with zero attached hydrogens (tertiary/aromatic N) is 1. The van der Waals surface area contributed by atoms with Gasteiger partial charge in [-0.2, -0.15) is 0 Å². The largest absolute Gasteiger partial charge is 0.497 e. The highest BCUT2D eigenvalue weighted by Gasteiger charge is 2.15. The van der Waals surface area contributed by atoms with Gasteiger partial charge in [0, 0.05) is 48.5 Å². The van der Waals surface area contributed by atoms with Crippen molar-refractivity contribution in [2.45, 2.75) is 6.92 Å². The van der Waals surface area contributed by atoms with Crippen LogP contribution in [0.2, 0.25) is 0 Å². The molecule has 144 valence electrons. The number of hydrogen-bond donors (Lipinski definition) is 2. The number of pyridine rings is 1. The minimum Gasteiger partial charge on any atom is -0.497 e. The maximum absolute atomic E-state index is 11.7. The van der Waals surface area contributed by atoms with Crippen molar-refractivity contribution in [3.8, 4) is 23.0 Å². The quantitative estimate of drug-likeness (QED) is 0.678. The van der Waals surface area contributed by atoms with E-state index in [1.54, 1.807) is 42.6 Å². The number of benzene rings is 2. The monoisotopic (exact) mass is 381 g/mol. The highest BCUT2D eigenvalue weighted by atomic mass is 16.5. The Labute approximate surface area is 161 Å². The molecular formula is C20H19N3O5. The highest BCUT2D eigenvalue weighted by Crippen LogP contribution is 2.35. The first kappa shape index (κ1) is 19.0. The van der Waals surface area contributed by atoms with Gasteiger partial charge in [0.2, 0.25) is 5.91 Å². The van der Waals surface area contributed by atoms with E-state index in [0.717, 1.165) is 0 Å². The number of carbonyl (C=O) groups excluding carboxylic acids is 2. The number of hydrogen-bond acceptors (Lipinski definition) is 6. The van der Waals surface area contributed by atoms with Crippen molar-refractivity contribution in [3.05, 3.63) is 48.2 Å². The zero-order chi connectivity index (χ0) is 20.3. The van der Waals surface area contributed by atoms with Crippen molar-refractivity contribution < 1.29 is 23.8 Å². The van der Waals surface area contributed by atoms with Crippen molar-refractivity contribution >= 4 is 28.4 Å². The number of nitrogens with two attached hydrogens (primary N) is 1. The predicted octanol–water partition coefficient (Wildman–Crippen LogP) is 3.10. The van der Waals surface area contributed by atoms with Gasteiger partial charge in [-0.15, -0.1) is 0 Å². The molecule has 0 saturated carbocycles. The van der Waals surface area contributed by atoms with Gasteiger partial charge in [0.25, 0.3) is 5.91 Å². The van der Waals surface area contributed by atoms with Crippen LogP contribution in [0.15, 0.2) is 42.6 Å². The first-order valence-corrected chi connectivity index (χ1v) is 8.32. The molecule has 0 spiro atoms. The summed E-state index contributed by atoms with van der Waals surface area (Å²) in [5, 5.41) is 3.28. The van der Waals surface area contributed by atoms with Crippen LogP contribution in [0.1, 0.15) is 17.3 Å². The standard InChI is InChI=1S/C20H19N3O5/c1-11(24)23-12-6-13(26-2)8-14(7-12)28-18-4-5-22-17-10-19(27-3)16(20(21)25)9-15(17)18/h4-10H,1-3H3,(H2,21,25)(H,23,24). The smallest absolute Gasteiger partial charge is 0.252 e. The third-order valence-electron chi connectivity index (χ3n) is 3.95. The van der Waals surface area contributed by atoms with E-state index in [4.69, 9.17) is 19.9 Å². The maximum atomic E-state index is 11.7. The maximum Gasteiger partial charge on any atom is 0.252 e. The summed E-state index contributed by atoms with van der Waals surface area (Å²) >= 11 is 0. The summed E-state index contributed by atoms with van der Waals surface area (Å²) < 4.78 is 16.5. The fourth-order valence-corrected chi connectivity index (χ4v) is 2.75. The van der Waals surface area contributed by atoms with E-state index in [1.165, 1.54) is 21.1 Å². The van der Waals surface area contributed by atoms with Crippen LogP contribution in [0, 0.1) is 0 Å². The molecule has 0 radical (unpaired) electrons. The van der Waals surface area contributed by atoms with Gasteiger partial charge in [-0.05, 0) is 12.1 Å². The summed E-state index contributed by atoms with van der Waals surface area (Å²) in [6, 6.07) is 9.88. The van der Waals surface area contributed by atoms with E-state index in [-0.39, 0.29) is 11.5 Å². The number of methoxy groups -OCH3 is 2. The van der Waals surface area contributed by atoms with Crippen molar-refractivity contribution in [1.29, 1.82) is 0 Å². The van der Waals surface area contributed by atoms with E-state index in [0.29, 0.717) is 39.6 Å². The predicted molar refractivity (Wildman–Crippen MR) is 104 cm³/mol. The third kappa shape index (κ3) is 3.96. The molecule has 3 aromatic rings. The van der Waals surface area contributed by atoms with Gasteiger partial charge in [-0.3, -0.25) is 14.6 Å². The number of ether oxygens (including phenoxy) is 3. The van der Waals surface area contributed by atoms with Crippen LogP contribution >= 0.6 is 0 Å². The van der Waals surface area contributed by atoms with Crippen LogP contribution in [0.4, 0.5) is 5.69 Å². The molecule has 0 fully saturated rings. The second-order valence-electron chi connectivity index (χ2n) is 5.92. The molecule has 2 aromatic carbocycles. The summed E-state index contributed by atoms with van der Waals surface area (Å²) in [7, 11) is 2.97. The number of amides is 2. The normalized spacial score (nSPS) is 10.4. The molecule has 28 heavy (non-hydrogen) atoms. The van der Waals surface area contributed by atoms with Crippen LogP contribution in [-0.2, 0) is 4.79 Å². The van der Waals surface area contributed by atoms with Gasteiger partial charge in [-0.25, -0.2) is 0 Å². The molecule has 0 aliphatic heterocycles. The summed E-state index contributed by atoms with van der Waals surface area (Å²) in [6.07, 6.45) is 1.58. The van der Waals surface area contributed by atoms with Crippen molar-refractivity contribution in [2.24, 2.45) is 5.73 Å². The molecule has 0 atom stereocenters. The summed E-state index contributed by atoms with van der Waals surface area (Å²) in [5.74, 6) is 0.900. The zero-order valence-corrected chi connectivity index (χ0v) is 15.6. The van der Waals surface area contributed by atoms with Crippen LogP contribution in [0.25, 0.3) is 10.9 Å². The molecule has 8 nitrogen and oxygen atoms in total. The molecule has 0 aliphatic rings. The van der Waals surface area contributed by atoms with Gasteiger partial charge in [0.1, 0.15) is 23.0 Å².